The molecule has 1 amide bonds. The Labute approximate surface area is 105 Å². The van der Waals surface area contributed by atoms with E-state index in [0.717, 1.165) is 16.7 Å². The molecule has 96 valence electrons. The zero-order chi connectivity index (χ0) is 13.1. The maximum atomic E-state index is 11.5. The van der Waals surface area contributed by atoms with Crippen molar-refractivity contribution in [3.8, 4) is 0 Å². The van der Waals surface area contributed by atoms with Crippen LogP contribution in [-0.4, -0.2) is 24.0 Å². The number of rotatable bonds is 4. The van der Waals surface area contributed by atoms with Crippen molar-refractivity contribution < 1.29 is 9.21 Å². The average molecular weight is 248 g/mol. The van der Waals surface area contributed by atoms with Crippen LogP contribution < -0.4 is 16.6 Å². The van der Waals surface area contributed by atoms with E-state index in [1.54, 1.807) is 14.0 Å². The molecule has 0 spiro atoms. The number of amides is 1. The van der Waals surface area contributed by atoms with Gasteiger partial charge in [0.1, 0.15) is 5.52 Å². The first kappa shape index (κ1) is 12.5. The van der Waals surface area contributed by atoms with E-state index in [-0.39, 0.29) is 5.91 Å². The fourth-order valence-corrected chi connectivity index (χ4v) is 1.78. The summed E-state index contributed by atoms with van der Waals surface area (Å²) in [6.07, 6.45) is 0.454. The smallest absolute Gasteiger partial charge is 0.251 e. The summed E-state index contributed by atoms with van der Waals surface area (Å²) in [4.78, 5) is 15.7. The molecule has 2 rings (SSSR count). The maximum Gasteiger partial charge on any atom is 0.251 e. The van der Waals surface area contributed by atoms with Gasteiger partial charge >= 0.3 is 0 Å². The van der Waals surface area contributed by atoms with Crippen LogP contribution in [0.25, 0.3) is 11.1 Å². The Balaban J connectivity index is 2.13. The van der Waals surface area contributed by atoms with Gasteiger partial charge in [0.2, 0.25) is 0 Å². The molecule has 4 N–H and O–H groups in total. The highest BCUT2D eigenvalue weighted by Gasteiger charge is 2.14. The molecule has 0 fully saturated rings. The van der Waals surface area contributed by atoms with Crippen LogP contribution in [0.3, 0.4) is 0 Å². The Kier molecular flexibility index (Phi) is 3.59. The second-order valence-electron chi connectivity index (χ2n) is 4.08. The zero-order valence-corrected chi connectivity index (χ0v) is 10.4. The van der Waals surface area contributed by atoms with Crippen molar-refractivity contribution in [1.29, 1.82) is 0 Å². The highest BCUT2D eigenvalue weighted by molar-refractivity contribution is 5.81. The Morgan fingerprint density at radius 3 is 3.06 bits per heavy atom. The molecular formula is C12H16N4O2. The number of carbonyl (C=O) groups excluding carboxylic acids is 1. The Bertz CT molecular complexity index is 564. The Morgan fingerprint density at radius 1 is 1.56 bits per heavy atom. The minimum Gasteiger partial charge on any atom is -0.441 e. The van der Waals surface area contributed by atoms with Crippen molar-refractivity contribution in [2.45, 2.75) is 19.4 Å². The van der Waals surface area contributed by atoms with Gasteiger partial charge in [0.05, 0.1) is 6.04 Å². The van der Waals surface area contributed by atoms with Gasteiger partial charge in [-0.2, -0.15) is 0 Å². The van der Waals surface area contributed by atoms with Gasteiger partial charge in [-0.15, -0.1) is 0 Å². The number of nitrogens with one attached hydrogen (secondary N) is 2. The number of carbonyl (C=O) groups is 1. The lowest BCUT2D eigenvalue weighted by Gasteiger charge is -2.11. The van der Waals surface area contributed by atoms with Gasteiger partial charge in [-0.3, -0.25) is 10.2 Å². The SMILES string of the molecule is CNNC(=O)C(N)Cc1ccc2oc(C)nc2c1. The van der Waals surface area contributed by atoms with Crippen LogP contribution in [0.5, 0.6) is 0 Å². The van der Waals surface area contributed by atoms with E-state index in [4.69, 9.17) is 10.2 Å². The average Bonchev–Trinajstić information content (AvgIpc) is 2.68. The van der Waals surface area contributed by atoms with E-state index in [1.807, 2.05) is 18.2 Å². The first-order valence-electron chi connectivity index (χ1n) is 5.68. The van der Waals surface area contributed by atoms with E-state index >= 15 is 0 Å². The first-order valence-corrected chi connectivity index (χ1v) is 5.68. The van der Waals surface area contributed by atoms with E-state index in [1.165, 1.54) is 0 Å². The van der Waals surface area contributed by atoms with E-state index in [0.29, 0.717) is 12.3 Å². The van der Waals surface area contributed by atoms with E-state index in [2.05, 4.69) is 15.8 Å². The van der Waals surface area contributed by atoms with Crippen molar-refractivity contribution >= 4 is 17.0 Å². The van der Waals surface area contributed by atoms with E-state index < -0.39 is 6.04 Å². The number of fused-ring (bicyclic) bond motifs is 1. The van der Waals surface area contributed by atoms with Crippen LogP contribution in [0, 0.1) is 6.92 Å². The fourth-order valence-electron chi connectivity index (χ4n) is 1.78. The third kappa shape index (κ3) is 2.66. The lowest BCUT2D eigenvalue weighted by molar-refractivity contribution is -0.123. The highest BCUT2D eigenvalue weighted by Crippen LogP contribution is 2.17. The summed E-state index contributed by atoms with van der Waals surface area (Å²) in [5, 5.41) is 0. The largest absolute Gasteiger partial charge is 0.441 e. The zero-order valence-electron chi connectivity index (χ0n) is 10.4. The number of aromatic nitrogens is 1. The van der Waals surface area contributed by atoms with Crippen LogP contribution in [0.1, 0.15) is 11.5 Å². The molecule has 1 aromatic heterocycles. The third-order valence-electron chi connectivity index (χ3n) is 2.60. The van der Waals surface area contributed by atoms with Crippen molar-refractivity contribution in [3.63, 3.8) is 0 Å². The monoisotopic (exact) mass is 248 g/mol. The number of aryl methyl sites for hydroxylation is 1. The minimum atomic E-state index is -0.595. The summed E-state index contributed by atoms with van der Waals surface area (Å²) >= 11 is 0. The number of oxazole rings is 1. The molecule has 1 heterocycles. The number of benzene rings is 1. The van der Waals surface area contributed by atoms with Gasteiger partial charge in [-0.05, 0) is 24.1 Å². The maximum absolute atomic E-state index is 11.5. The normalized spacial score (nSPS) is 12.6. The lowest BCUT2D eigenvalue weighted by atomic mass is 10.1. The lowest BCUT2D eigenvalue weighted by Crippen LogP contribution is -2.46. The number of nitrogens with two attached hydrogens (primary N) is 1. The van der Waals surface area contributed by atoms with Crippen molar-refractivity contribution in [2.75, 3.05) is 7.05 Å². The molecule has 1 unspecified atom stereocenters. The van der Waals surface area contributed by atoms with Crippen molar-refractivity contribution in [1.82, 2.24) is 15.8 Å². The van der Waals surface area contributed by atoms with Gasteiger partial charge in [-0.1, -0.05) is 6.07 Å². The second kappa shape index (κ2) is 5.16. The molecule has 0 aliphatic heterocycles. The van der Waals surface area contributed by atoms with E-state index in [9.17, 15) is 4.79 Å². The van der Waals surface area contributed by atoms with Crippen LogP contribution in [0.15, 0.2) is 22.6 Å². The predicted octanol–water partition coefficient (Wildman–Crippen LogP) is 0.257. The van der Waals surface area contributed by atoms with Gasteiger partial charge in [-0.25, -0.2) is 10.4 Å². The second-order valence-corrected chi connectivity index (χ2v) is 4.08. The molecule has 1 aromatic carbocycles. The molecule has 1 atom stereocenters. The molecule has 0 aliphatic rings. The summed E-state index contributed by atoms with van der Waals surface area (Å²) in [5.74, 6) is 0.383. The quantitative estimate of drug-likeness (QED) is 0.675. The molecule has 0 aliphatic carbocycles. The number of nitrogens with zero attached hydrogens (tertiary/aromatic N) is 1. The first-order chi connectivity index (χ1) is 8.60. The number of hydrogen-bond donors (Lipinski definition) is 3. The Hall–Kier alpha value is -1.92. The molecular weight excluding hydrogens is 232 g/mol. The molecule has 6 nitrogen and oxygen atoms in total. The standard InChI is InChI=1S/C12H16N4O2/c1-7-15-10-6-8(3-4-11(10)18-7)5-9(13)12(17)16-14-2/h3-4,6,9,14H,5,13H2,1-2H3,(H,16,17). The molecule has 0 saturated heterocycles. The summed E-state index contributed by atoms with van der Waals surface area (Å²) in [7, 11) is 1.62. The summed E-state index contributed by atoms with van der Waals surface area (Å²) in [5.41, 5.74) is 13.3. The van der Waals surface area contributed by atoms with Crippen LogP contribution in [0.4, 0.5) is 0 Å². The van der Waals surface area contributed by atoms with Crippen LogP contribution in [-0.2, 0) is 11.2 Å². The number of hydrogen-bond acceptors (Lipinski definition) is 5. The van der Waals surface area contributed by atoms with Gasteiger partial charge in [0.25, 0.3) is 5.91 Å². The third-order valence-corrected chi connectivity index (χ3v) is 2.60. The van der Waals surface area contributed by atoms with Gasteiger partial charge in [0.15, 0.2) is 11.5 Å². The topological polar surface area (TPSA) is 93.2 Å². The summed E-state index contributed by atoms with van der Waals surface area (Å²) < 4.78 is 5.38. The number of hydrazine groups is 1. The Morgan fingerprint density at radius 2 is 2.33 bits per heavy atom. The molecule has 0 radical (unpaired) electrons. The minimum absolute atomic E-state index is 0.242. The fraction of sp³-hybridized carbons (Fsp3) is 0.333. The summed E-state index contributed by atoms with van der Waals surface area (Å²) in [6, 6.07) is 5.02. The highest BCUT2D eigenvalue weighted by atomic mass is 16.3. The molecule has 0 saturated carbocycles. The van der Waals surface area contributed by atoms with Crippen LogP contribution in [0.2, 0.25) is 0 Å². The van der Waals surface area contributed by atoms with Crippen LogP contribution >= 0.6 is 0 Å². The molecule has 2 aromatic rings. The molecule has 6 heteroatoms. The van der Waals surface area contributed by atoms with Crippen molar-refractivity contribution in [3.05, 3.63) is 29.7 Å². The molecule has 0 bridgehead atoms. The predicted molar refractivity (Wildman–Crippen MR) is 67.6 cm³/mol. The molecule has 18 heavy (non-hydrogen) atoms. The van der Waals surface area contributed by atoms with Crippen molar-refractivity contribution in [2.24, 2.45) is 5.73 Å². The summed E-state index contributed by atoms with van der Waals surface area (Å²) in [6.45, 7) is 1.80. The van der Waals surface area contributed by atoms with Gasteiger partial charge in [0, 0.05) is 14.0 Å². The van der Waals surface area contributed by atoms with Gasteiger partial charge < -0.3 is 10.2 Å².